The number of para-hydroxylation sites is 2. The minimum absolute atomic E-state index is 0.0938. The number of phenols is 2. The standard InChI is InChI=1S/C15H12O4/c16-11-6-5-10-7-12(19-15(10)8-11)9-18-14-4-2-1-3-13(14)17/h1-8,16-17H,9H2. The molecule has 0 saturated carbocycles. The molecular weight excluding hydrogens is 244 g/mol. The summed E-state index contributed by atoms with van der Waals surface area (Å²) in [7, 11) is 0. The van der Waals surface area contributed by atoms with E-state index in [1.807, 2.05) is 6.07 Å². The molecule has 2 N–H and O–H groups in total. The second-order valence-corrected chi connectivity index (χ2v) is 4.19. The van der Waals surface area contributed by atoms with E-state index in [-0.39, 0.29) is 18.1 Å². The first kappa shape index (κ1) is 11.5. The van der Waals surface area contributed by atoms with Crippen LogP contribution in [0, 0.1) is 0 Å². The average molecular weight is 256 g/mol. The second kappa shape index (κ2) is 4.57. The lowest BCUT2D eigenvalue weighted by molar-refractivity contribution is 0.262. The van der Waals surface area contributed by atoms with Gasteiger partial charge in [0.05, 0.1) is 0 Å². The Morgan fingerprint density at radius 2 is 1.84 bits per heavy atom. The lowest BCUT2D eigenvalue weighted by atomic mass is 10.2. The van der Waals surface area contributed by atoms with E-state index in [4.69, 9.17) is 9.15 Å². The van der Waals surface area contributed by atoms with Gasteiger partial charge in [0.2, 0.25) is 0 Å². The van der Waals surface area contributed by atoms with Crippen molar-refractivity contribution < 1.29 is 19.4 Å². The summed E-state index contributed by atoms with van der Waals surface area (Å²) in [5.41, 5.74) is 0.607. The first-order valence-corrected chi connectivity index (χ1v) is 5.84. The zero-order valence-corrected chi connectivity index (χ0v) is 10.0. The molecule has 0 aliphatic carbocycles. The summed E-state index contributed by atoms with van der Waals surface area (Å²) in [6.07, 6.45) is 0. The Hall–Kier alpha value is -2.62. The number of furan rings is 1. The van der Waals surface area contributed by atoms with Crippen LogP contribution in [-0.2, 0) is 6.61 Å². The molecule has 0 atom stereocenters. The Labute approximate surface area is 109 Å². The van der Waals surface area contributed by atoms with E-state index in [0.717, 1.165) is 5.39 Å². The van der Waals surface area contributed by atoms with Crippen molar-refractivity contribution in [1.82, 2.24) is 0 Å². The molecule has 0 bridgehead atoms. The molecule has 4 nitrogen and oxygen atoms in total. The maximum atomic E-state index is 9.58. The molecule has 1 aromatic heterocycles. The fraction of sp³-hybridized carbons (Fsp3) is 0.0667. The maximum Gasteiger partial charge on any atom is 0.161 e. The summed E-state index contributed by atoms with van der Waals surface area (Å²) in [5, 5.41) is 19.8. The minimum atomic E-state index is 0.0938. The van der Waals surface area contributed by atoms with Crippen LogP contribution in [0.3, 0.4) is 0 Å². The number of rotatable bonds is 3. The van der Waals surface area contributed by atoms with E-state index in [0.29, 0.717) is 17.1 Å². The molecule has 0 spiro atoms. The topological polar surface area (TPSA) is 62.8 Å². The Kier molecular flexibility index (Phi) is 2.76. The quantitative estimate of drug-likeness (QED) is 0.753. The number of hydrogen-bond acceptors (Lipinski definition) is 4. The molecule has 3 aromatic rings. The summed E-state index contributed by atoms with van der Waals surface area (Å²) < 4.78 is 11.0. The summed E-state index contributed by atoms with van der Waals surface area (Å²) in [6, 6.07) is 13.5. The Bertz CT molecular complexity index is 715. The molecule has 0 aliphatic rings. The van der Waals surface area contributed by atoms with Gasteiger partial charge < -0.3 is 19.4 Å². The van der Waals surface area contributed by atoms with Gasteiger partial charge in [-0.15, -0.1) is 0 Å². The molecule has 0 radical (unpaired) electrons. The van der Waals surface area contributed by atoms with Crippen molar-refractivity contribution in [1.29, 1.82) is 0 Å². The van der Waals surface area contributed by atoms with Crippen molar-refractivity contribution in [2.45, 2.75) is 6.61 Å². The van der Waals surface area contributed by atoms with Gasteiger partial charge in [0.15, 0.2) is 11.5 Å². The number of ether oxygens (including phenoxy) is 1. The molecule has 2 aromatic carbocycles. The number of hydrogen-bond donors (Lipinski definition) is 2. The summed E-state index contributed by atoms with van der Waals surface area (Å²) in [6.45, 7) is 0.215. The molecule has 0 fully saturated rings. The fourth-order valence-corrected chi connectivity index (χ4v) is 1.87. The highest BCUT2D eigenvalue weighted by atomic mass is 16.5. The number of fused-ring (bicyclic) bond motifs is 1. The molecule has 96 valence electrons. The monoisotopic (exact) mass is 256 g/mol. The van der Waals surface area contributed by atoms with E-state index >= 15 is 0 Å². The van der Waals surface area contributed by atoms with Crippen LogP contribution in [0.4, 0.5) is 0 Å². The fourth-order valence-electron chi connectivity index (χ4n) is 1.87. The van der Waals surface area contributed by atoms with E-state index in [1.54, 1.807) is 42.5 Å². The van der Waals surface area contributed by atoms with E-state index < -0.39 is 0 Å². The van der Waals surface area contributed by atoms with Crippen LogP contribution in [0.5, 0.6) is 17.2 Å². The highest BCUT2D eigenvalue weighted by Gasteiger charge is 2.07. The van der Waals surface area contributed by atoms with Crippen molar-refractivity contribution in [2.24, 2.45) is 0 Å². The second-order valence-electron chi connectivity index (χ2n) is 4.19. The predicted octanol–water partition coefficient (Wildman–Crippen LogP) is 3.42. The van der Waals surface area contributed by atoms with Crippen molar-refractivity contribution >= 4 is 11.0 Å². The van der Waals surface area contributed by atoms with Gasteiger partial charge in [-0.1, -0.05) is 12.1 Å². The highest BCUT2D eigenvalue weighted by Crippen LogP contribution is 2.27. The van der Waals surface area contributed by atoms with Gasteiger partial charge in [-0.2, -0.15) is 0 Å². The van der Waals surface area contributed by atoms with Gasteiger partial charge in [-0.25, -0.2) is 0 Å². The van der Waals surface area contributed by atoms with Gasteiger partial charge in [0.25, 0.3) is 0 Å². The predicted molar refractivity (Wildman–Crippen MR) is 70.3 cm³/mol. The Balaban J connectivity index is 1.80. The highest BCUT2D eigenvalue weighted by molar-refractivity contribution is 5.79. The summed E-state index contributed by atoms with van der Waals surface area (Å²) >= 11 is 0. The third kappa shape index (κ3) is 2.33. The lowest BCUT2D eigenvalue weighted by Gasteiger charge is -2.05. The zero-order valence-electron chi connectivity index (χ0n) is 10.0. The molecule has 0 unspecified atom stereocenters. The summed E-state index contributed by atoms with van der Waals surface area (Å²) in [5.74, 6) is 1.29. The number of benzene rings is 2. The molecule has 0 aliphatic heterocycles. The van der Waals surface area contributed by atoms with E-state index in [2.05, 4.69) is 0 Å². The van der Waals surface area contributed by atoms with Crippen molar-refractivity contribution in [3.63, 3.8) is 0 Å². The summed E-state index contributed by atoms with van der Waals surface area (Å²) in [4.78, 5) is 0. The minimum Gasteiger partial charge on any atom is -0.508 e. The SMILES string of the molecule is Oc1ccc2cc(COc3ccccc3O)oc2c1. The Morgan fingerprint density at radius 1 is 1.00 bits per heavy atom. The van der Waals surface area contributed by atoms with Crippen molar-refractivity contribution in [3.8, 4) is 17.2 Å². The Morgan fingerprint density at radius 3 is 2.68 bits per heavy atom. The third-order valence-electron chi connectivity index (χ3n) is 2.79. The van der Waals surface area contributed by atoms with Crippen LogP contribution in [0.1, 0.15) is 5.76 Å². The van der Waals surface area contributed by atoms with Gasteiger partial charge in [0, 0.05) is 11.5 Å². The first-order valence-electron chi connectivity index (χ1n) is 5.84. The largest absolute Gasteiger partial charge is 0.508 e. The van der Waals surface area contributed by atoms with Crippen LogP contribution in [0.25, 0.3) is 11.0 Å². The molecule has 19 heavy (non-hydrogen) atoms. The van der Waals surface area contributed by atoms with Crippen LogP contribution in [-0.4, -0.2) is 10.2 Å². The van der Waals surface area contributed by atoms with Crippen molar-refractivity contribution in [2.75, 3.05) is 0 Å². The lowest BCUT2D eigenvalue weighted by Crippen LogP contribution is -1.93. The number of phenolic OH excluding ortho intramolecular Hbond substituents is 2. The molecule has 1 heterocycles. The van der Waals surface area contributed by atoms with Gasteiger partial charge in [-0.05, 0) is 30.3 Å². The van der Waals surface area contributed by atoms with Gasteiger partial charge in [0.1, 0.15) is 23.7 Å². The van der Waals surface area contributed by atoms with Crippen LogP contribution in [0.2, 0.25) is 0 Å². The van der Waals surface area contributed by atoms with Crippen molar-refractivity contribution in [3.05, 3.63) is 54.3 Å². The van der Waals surface area contributed by atoms with E-state index in [9.17, 15) is 10.2 Å². The van der Waals surface area contributed by atoms with Gasteiger partial charge in [-0.3, -0.25) is 0 Å². The van der Waals surface area contributed by atoms with Gasteiger partial charge >= 0.3 is 0 Å². The van der Waals surface area contributed by atoms with Crippen LogP contribution >= 0.6 is 0 Å². The molecule has 0 amide bonds. The normalized spacial score (nSPS) is 10.7. The average Bonchev–Trinajstić information content (AvgIpc) is 2.79. The molecular formula is C15H12O4. The van der Waals surface area contributed by atoms with Crippen LogP contribution in [0.15, 0.2) is 52.9 Å². The molecule has 0 saturated heterocycles. The molecule has 4 heteroatoms. The van der Waals surface area contributed by atoms with Crippen LogP contribution < -0.4 is 4.74 Å². The van der Waals surface area contributed by atoms with E-state index in [1.165, 1.54) is 0 Å². The third-order valence-corrected chi connectivity index (χ3v) is 2.79. The molecule has 3 rings (SSSR count). The maximum absolute atomic E-state index is 9.58. The number of aromatic hydroxyl groups is 2. The first-order chi connectivity index (χ1) is 9.22. The smallest absolute Gasteiger partial charge is 0.161 e. The zero-order chi connectivity index (χ0) is 13.2.